The van der Waals surface area contributed by atoms with Crippen molar-refractivity contribution in [3.8, 4) is 0 Å². The van der Waals surface area contributed by atoms with Crippen molar-refractivity contribution in [1.82, 2.24) is 9.88 Å². The predicted octanol–water partition coefficient (Wildman–Crippen LogP) is 2.45. The van der Waals surface area contributed by atoms with Crippen molar-refractivity contribution in [1.29, 1.82) is 0 Å². The smallest absolute Gasteiger partial charge is 0.254 e. The molecule has 0 aliphatic heterocycles. The van der Waals surface area contributed by atoms with Crippen molar-refractivity contribution < 1.29 is 4.79 Å². The Morgan fingerprint density at radius 2 is 2.17 bits per heavy atom. The predicted molar refractivity (Wildman–Crippen MR) is 72.9 cm³/mol. The molecule has 4 nitrogen and oxygen atoms in total. The Kier molecular flexibility index (Phi) is 3.84. The fraction of sp³-hybridized carbons (Fsp3) is 0.571. The molecule has 4 heteroatoms. The average Bonchev–Trinajstić information content (AvgIpc) is 3.14. The van der Waals surface area contributed by atoms with E-state index in [1.165, 1.54) is 0 Å². The summed E-state index contributed by atoms with van der Waals surface area (Å²) in [6, 6.07) is 4.18. The molecular weight excluding hydrogens is 226 g/mol. The molecule has 0 unspecified atom stereocenters. The normalized spacial score (nSPS) is 14.4. The second-order valence-corrected chi connectivity index (χ2v) is 4.74. The summed E-state index contributed by atoms with van der Waals surface area (Å²) in [4.78, 5) is 18.8. The maximum absolute atomic E-state index is 12.4. The number of pyridine rings is 1. The number of anilines is 1. The molecule has 18 heavy (non-hydrogen) atoms. The summed E-state index contributed by atoms with van der Waals surface area (Å²) in [6.45, 7) is 7.57. The SMILES string of the molecule is CCNc1cc(C(=O)N(CC)C2CC2)cc(C)n1. The van der Waals surface area contributed by atoms with Crippen molar-refractivity contribution in [3.05, 3.63) is 23.4 Å². The number of carbonyl (C=O) groups excluding carboxylic acids is 1. The second-order valence-electron chi connectivity index (χ2n) is 4.74. The number of aromatic nitrogens is 1. The summed E-state index contributed by atoms with van der Waals surface area (Å²) in [5.74, 6) is 0.914. The van der Waals surface area contributed by atoms with Gasteiger partial charge in [0.1, 0.15) is 5.82 Å². The van der Waals surface area contributed by atoms with Crippen LogP contribution < -0.4 is 5.32 Å². The number of nitrogens with one attached hydrogen (secondary N) is 1. The van der Waals surface area contributed by atoms with Crippen LogP contribution in [0.25, 0.3) is 0 Å². The Morgan fingerprint density at radius 3 is 2.72 bits per heavy atom. The van der Waals surface area contributed by atoms with E-state index in [0.717, 1.165) is 43.0 Å². The number of nitrogens with zero attached hydrogens (tertiary/aromatic N) is 2. The second kappa shape index (κ2) is 5.38. The summed E-state index contributed by atoms with van der Waals surface area (Å²) in [6.07, 6.45) is 2.29. The number of carbonyl (C=O) groups is 1. The molecular formula is C14H21N3O. The first-order valence-corrected chi connectivity index (χ1v) is 6.69. The van der Waals surface area contributed by atoms with Crippen molar-refractivity contribution in [2.75, 3.05) is 18.4 Å². The minimum absolute atomic E-state index is 0.129. The van der Waals surface area contributed by atoms with E-state index in [1.807, 2.05) is 37.8 Å². The van der Waals surface area contributed by atoms with Crippen molar-refractivity contribution in [3.63, 3.8) is 0 Å². The van der Waals surface area contributed by atoms with Crippen LogP contribution >= 0.6 is 0 Å². The molecule has 2 rings (SSSR count). The van der Waals surface area contributed by atoms with Crippen LogP contribution in [0.15, 0.2) is 12.1 Å². The fourth-order valence-corrected chi connectivity index (χ4v) is 2.18. The zero-order chi connectivity index (χ0) is 13.1. The largest absolute Gasteiger partial charge is 0.370 e. The van der Waals surface area contributed by atoms with Gasteiger partial charge >= 0.3 is 0 Å². The quantitative estimate of drug-likeness (QED) is 0.869. The molecule has 1 fully saturated rings. The average molecular weight is 247 g/mol. The maximum atomic E-state index is 12.4. The Bertz CT molecular complexity index is 441. The van der Waals surface area contributed by atoms with Crippen LogP contribution in [0.2, 0.25) is 0 Å². The summed E-state index contributed by atoms with van der Waals surface area (Å²) < 4.78 is 0. The molecule has 1 heterocycles. The fourth-order valence-electron chi connectivity index (χ4n) is 2.18. The topological polar surface area (TPSA) is 45.2 Å². The molecule has 0 spiro atoms. The number of aryl methyl sites for hydroxylation is 1. The number of hydrogen-bond donors (Lipinski definition) is 1. The molecule has 1 N–H and O–H groups in total. The van der Waals surface area contributed by atoms with E-state index in [9.17, 15) is 4.79 Å². The summed E-state index contributed by atoms with van der Waals surface area (Å²) >= 11 is 0. The highest BCUT2D eigenvalue weighted by molar-refractivity contribution is 5.95. The van der Waals surface area contributed by atoms with Gasteiger partial charge in [-0.15, -0.1) is 0 Å². The first-order valence-electron chi connectivity index (χ1n) is 6.69. The maximum Gasteiger partial charge on any atom is 0.254 e. The van der Waals surface area contributed by atoms with Gasteiger partial charge in [-0.05, 0) is 45.7 Å². The zero-order valence-corrected chi connectivity index (χ0v) is 11.4. The van der Waals surface area contributed by atoms with Gasteiger partial charge in [-0.25, -0.2) is 4.98 Å². The van der Waals surface area contributed by atoms with Gasteiger partial charge in [-0.1, -0.05) is 0 Å². The lowest BCUT2D eigenvalue weighted by molar-refractivity contribution is 0.0752. The molecule has 0 atom stereocenters. The highest BCUT2D eigenvalue weighted by Gasteiger charge is 2.32. The minimum atomic E-state index is 0.129. The Hall–Kier alpha value is -1.58. The van der Waals surface area contributed by atoms with E-state index in [1.54, 1.807) is 0 Å². The van der Waals surface area contributed by atoms with Gasteiger partial charge in [0.05, 0.1) is 0 Å². The molecule has 98 valence electrons. The summed E-state index contributed by atoms with van der Waals surface area (Å²) in [5.41, 5.74) is 1.62. The molecule has 1 saturated carbocycles. The number of rotatable bonds is 5. The molecule has 0 saturated heterocycles. The summed E-state index contributed by atoms with van der Waals surface area (Å²) in [7, 11) is 0. The van der Waals surface area contributed by atoms with Gasteiger partial charge in [0.15, 0.2) is 0 Å². The number of amides is 1. The van der Waals surface area contributed by atoms with Crippen LogP contribution in [0, 0.1) is 6.92 Å². The lowest BCUT2D eigenvalue weighted by Crippen LogP contribution is -2.33. The Labute approximate surface area is 108 Å². The molecule has 1 aliphatic carbocycles. The Morgan fingerprint density at radius 1 is 1.44 bits per heavy atom. The van der Waals surface area contributed by atoms with Crippen LogP contribution in [0.3, 0.4) is 0 Å². The van der Waals surface area contributed by atoms with Crippen molar-refractivity contribution in [2.24, 2.45) is 0 Å². The lowest BCUT2D eigenvalue weighted by Gasteiger charge is -2.20. The standard InChI is InChI=1S/C14H21N3O/c1-4-15-13-9-11(8-10(3)16-13)14(18)17(5-2)12-6-7-12/h8-9,12H,4-7H2,1-3H3,(H,15,16). The van der Waals surface area contributed by atoms with Crippen LogP contribution in [0.1, 0.15) is 42.7 Å². The zero-order valence-electron chi connectivity index (χ0n) is 11.4. The van der Waals surface area contributed by atoms with Gasteiger partial charge < -0.3 is 10.2 Å². The van der Waals surface area contributed by atoms with E-state index in [2.05, 4.69) is 10.3 Å². The van der Waals surface area contributed by atoms with Gasteiger partial charge in [0.2, 0.25) is 0 Å². The molecule has 1 aliphatic rings. The molecule has 0 radical (unpaired) electrons. The van der Waals surface area contributed by atoms with E-state index < -0.39 is 0 Å². The first kappa shape index (κ1) is 12.9. The van der Waals surface area contributed by atoms with Crippen LogP contribution in [-0.2, 0) is 0 Å². The van der Waals surface area contributed by atoms with Gasteiger partial charge in [0.25, 0.3) is 5.91 Å². The monoisotopic (exact) mass is 247 g/mol. The first-order chi connectivity index (χ1) is 8.65. The third kappa shape index (κ3) is 2.81. The number of hydrogen-bond acceptors (Lipinski definition) is 3. The third-order valence-electron chi connectivity index (χ3n) is 3.15. The van der Waals surface area contributed by atoms with E-state index in [4.69, 9.17) is 0 Å². The van der Waals surface area contributed by atoms with E-state index >= 15 is 0 Å². The molecule has 1 amide bonds. The van der Waals surface area contributed by atoms with Crippen molar-refractivity contribution >= 4 is 11.7 Å². The molecule has 0 bridgehead atoms. The van der Waals surface area contributed by atoms with Gasteiger partial charge in [-0.3, -0.25) is 4.79 Å². The van der Waals surface area contributed by atoms with Gasteiger partial charge in [0, 0.05) is 30.4 Å². The van der Waals surface area contributed by atoms with Crippen LogP contribution in [0.5, 0.6) is 0 Å². The van der Waals surface area contributed by atoms with Gasteiger partial charge in [-0.2, -0.15) is 0 Å². The minimum Gasteiger partial charge on any atom is -0.370 e. The Balaban J connectivity index is 2.22. The van der Waals surface area contributed by atoms with Crippen molar-refractivity contribution in [2.45, 2.75) is 39.7 Å². The highest BCUT2D eigenvalue weighted by atomic mass is 16.2. The van der Waals surface area contributed by atoms with Crippen LogP contribution in [-0.4, -0.2) is 34.9 Å². The molecule has 1 aromatic heterocycles. The van der Waals surface area contributed by atoms with E-state index in [0.29, 0.717) is 6.04 Å². The third-order valence-corrected chi connectivity index (χ3v) is 3.15. The molecule has 1 aromatic rings. The lowest BCUT2D eigenvalue weighted by atomic mass is 10.2. The van der Waals surface area contributed by atoms with Crippen LogP contribution in [0.4, 0.5) is 5.82 Å². The highest BCUT2D eigenvalue weighted by Crippen LogP contribution is 2.28. The van der Waals surface area contributed by atoms with E-state index in [-0.39, 0.29) is 5.91 Å². The molecule has 0 aromatic carbocycles. The summed E-state index contributed by atoms with van der Waals surface area (Å²) in [5, 5.41) is 3.16.